The van der Waals surface area contributed by atoms with Gasteiger partial charge in [0, 0.05) is 18.5 Å². The molecule has 4 rings (SSSR count). The molecule has 0 aliphatic carbocycles. The second-order valence-electron chi connectivity index (χ2n) is 8.91. The number of hydrogen-bond donors (Lipinski definition) is 2. The first-order valence-electron chi connectivity index (χ1n) is 12.2. The van der Waals surface area contributed by atoms with E-state index in [1.54, 1.807) is 24.3 Å². The molecule has 1 unspecified atom stereocenters. The van der Waals surface area contributed by atoms with E-state index in [-0.39, 0.29) is 37.9 Å². The quantitative estimate of drug-likeness (QED) is 0.438. The molecule has 2 amide bonds. The smallest absolute Gasteiger partial charge is 0.254 e. The van der Waals surface area contributed by atoms with Gasteiger partial charge in [-0.05, 0) is 47.9 Å². The Labute approximate surface area is 216 Å². The molecule has 0 saturated carbocycles. The topological polar surface area (TPSA) is 100 Å². The lowest BCUT2D eigenvalue weighted by atomic mass is 9.99. The Morgan fingerprint density at radius 2 is 1.76 bits per heavy atom. The Morgan fingerprint density at radius 1 is 1.05 bits per heavy atom. The van der Waals surface area contributed by atoms with Crippen LogP contribution in [0.5, 0.6) is 5.75 Å². The van der Waals surface area contributed by atoms with Crippen molar-refractivity contribution in [3.8, 4) is 16.9 Å². The SMILES string of the molecule is CON=C1C[C@@H](C(=O)NCC(O)COc2ccccc2)N(C(=O)c2ccc(-c3ccccc3C)cc2)C1. The van der Waals surface area contributed by atoms with Gasteiger partial charge < -0.3 is 24.9 Å². The van der Waals surface area contributed by atoms with Crippen molar-refractivity contribution in [2.75, 3.05) is 26.8 Å². The number of nitrogens with one attached hydrogen (secondary N) is 1. The number of ether oxygens (including phenoxy) is 1. The largest absolute Gasteiger partial charge is 0.491 e. The zero-order valence-electron chi connectivity index (χ0n) is 21.0. The maximum absolute atomic E-state index is 13.4. The van der Waals surface area contributed by atoms with Gasteiger partial charge in [0.25, 0.3) is 5.91 Å². The third kappa shape index (κ3) is 6.54. The van der Waals surface area contributed by atoms with Gasteiger partial charge in [-0.25, -0.2) is 0 Å². The molecular formula is C29H31N3O5. The normalized spacial score (nSPS) is 16.9. The van der Waals surface area contributed by atoms with Crippen LogP contribution >= 0.6 is 0 Å². The molecule has 37 heavy (non-hydrogen) atoms. The van der Waals surface area contributed by atoms with E-state index in [0.717, 1.165) is 16.7 Å². The Morgan fingerprint density at radius 3 is 2.46 bits per heavy atom. The second kappa shape index (κ2) is 12.2. The van der Waals surface area contributed by atoms with Crippen molar-refractivity contribution in [1.82, 2.24) is 10.2 Å². The van der Waals surface area contributed by atoms with Crippen LogP contribution in [0.25, 0.3) is 11.1 Å². The van der Waals surface area contributed by atoms with Crippen LogP contribution in [0.4, 0.5) is 0 Å². The Kier molecular flexibility index (Phi) is 8.53. The zero-order chi connectivity index (χ0) is 26.2. The minimum Gasteiger partial charge on any atom is -0.491 e. The number of hydrogen-bond acceptors (Lipinski definition) is 6. The molecule has 1 aliphatic heterocycles. The minimum atomic E-state index is -0.907. The van der Waals surface area contributed by atoms with Gasteiger partial charge in [-0.1, -0.05) is 59.8 Å². The third-order valence-electron chi connectivity index (χ3n) is 6.23. The number of aliphatic hydroxyl groups is 1. The molecule has 1 saturated heterocycles. The summed E-state index contributed by atoms with van der Waals surface area (Å²) in [4.78, 5) is 32.8. The van der Waals surface area contributed by atoms with E-state index in [4.69, 9.17) is 9.57 Å². The maximum Gasteiger partial charge on any atom is 0.254 e. The molecule has 192 valence electrons. The molecule has 1 fully saturated rings. The lowest BCUT2D eigenvalue weighted by molar-refractivity contribution is -0.125. The average Bonchev–Trinajstić information content (AvgIpc) is 3.35. The van der Waals surface area contributed by atoms with Crippen LogP contribution in [0.15, 0.2) is 84.0 Å². The first-order chi connectivity index (χ1) is 18.0. The fraction of sp³-hybridized carbons (Fsp3) is 0.276. The van der Waals surface area contributed by atoms with Crippen molar-refractivity contribution >= 4 is 17.5 Å². The van der Waals surface area contributed by atoms with Crippen LogP contribution in [0.2, 0.25) is 0 Å². The number of likely N-dealkylation sites (tertiary alicyclic amines) is 1. The Balaban J connectivity index is 1.41. The van der Waals surface area contributed by atoms with Gasteiger partial charge in [-0.3, -0.25) is 9.59 Å². The summed E-state index contributed by atoms with van der Waals surface area (Å²) < 4.78 is 5.54. The highest BCUT2D eigenvalue weighted by molar-refractivity contribution is 6.05. The molecule has 2 N–H and O–H groups in total. The van der Waals surface area contributed by atoms with Crippen molar-refractivity contribution in [3.63, 3.8) is 0 Å². The van der Waals surface area contributed by atoms with E-state index in [1.807, 2.05) is 61.5 Å². The number of aliphatic hydroxyl groups excluding tert-OH is 1. The van der Waals surface area contributed by atoms with E-state index >= 15 is 0 Å². The Bertz CT molecular complexity index is 1240. The summed E-state index contributed by atoms with van der Waals surface area (Å²) in [6, 6.07) is 23.8. The molecule has 3 aromatic carbocycles. The predicted molar refractivity (Wildman–Crippen MR) is 141 cm³/mol. The fourth-order valence-corrected chi connectivity index (χ4v) is 4.31. The van der Waals surface area contributed by atoms with Crippen molar-refractivity contribution in [1.29, 1.82) is 0 Å². The number of amides is 2. The molecule has 0 aromatic heterocycles. The number of benzene rings is 3. The fourth-order valence-electron chi connectivity index (χ4n) is 4.31. The van der Waals surface area contributed by atoms with E-state index in [0.29, 0.717) is 17.0 Å². The van der Waals surface area contributed by atoms with Crippen molar-refractivity contribution < 1.29 is 24.3 Å². The van der Waals surface area contributed by atoms with Gasteiger partial charge in [-0.2, -0.15) is 0 Å². The first-order valence-corrected chi connectivity index (χ1v) is 12.2. The highest BCUT2D eigenvalue weighted by Crippen LogP contribution is 2.25. The summed E-state index contributed by atoms with van der Waals surface area (Å²) in [5.74, 6) is -0.00926. The van der Waals surface area contributed by atoms with Gasteiger partial charge >= 0.3 is 0 Å². The van der Waals surface area contributed by atoms with Crippen molar-refractivity contribution in [2.24, 2.45) is 5.16 Å². The van der Waals surface area contributed by atoms with Gasteiger partial charge in [0.1, 0.15) is 31.6 Å². The molecule has 0 radical (unpaired) electrons. The maximum atomic E-state index is 13.4. The van der Waals surface area contributed by atoms with Crippen LogP contribution in [-0.2, 0) is 9.63 Å². The summed E-state index contributed by atoms with van der Waals surface area (Å²) in [6.45, 7) is 2.25. The molecule has 0 bridgehead atoms. The number of nitrogens with zero attached hydrogens (tertiary/aromatic N) is 2. The van der Waals surface area contributed by atoms with E-state index in [9.17, 15) is 14.7 Å². The molecule has 0 spiro atoms. The van der Waals surface area contributed by atoms with E-state index < -0.39 is 12.1 Å². The van der Waals surface area contributed by atoms with E-state index in [1.165, 1.54) is 12.0 Å². The number of carbonyl (C=O) groups excluding carboxylic acids is 2. The number of oxime groups is 1. The monoisotopic (exact) mass is 501 g/mol. The van der Waals surface area contributed by atoms with E-state index in [2.05, 4.69) is 10.5 Å². The third-order valence-corrected chi connectivity index (χ3v) is 6.23. The average molecular weight is 502 g/mol. The second-order valence-corrected chi connectivity index (χ2v) is 8.91. The van der Waals surface area contributed by atoms with Gasteiger partial charge in [0.15, 0.2) is 0 Å². The molecule has 1 heterocycles. The summed E-state index contributed by atoms with van der Waals surface area (Å²) in [6.07, 6.45) is -0.653. The Hall–Kier alpha value is -4.17. The summed E-state index contributed by atoms with van der Waals surface area (Å²) >= 11 is 0. The molecule has 1 aliphatic rings. The standard InChI is InChI=1S/C29H31N3O5/c1-20-8-6-7-11-26(20)21-12-14-22(15-13-21)29(35)32-18-23(31-36-2)16-27(32)28(34)30-17-24(33)19-37-25-9-4-3-5-10-25/h3-15,24,27,33H,16-19H2,1-2H3,(H,30,34)/t24?,27-/m0/s1. The first kappa shape index (κ1) is 25.9. The molecular weight excluding hydrogens is 470 g/mol. The van der Waals surface area contributed by atoms with Crippen LogP contribution in [0, 0.1) is 6.92 Å². The van der Waals surface area contributed by atoms with Crippen LogP contribution < -0.4 is 10.1 Å². The summed E-state index contributed by atoms with van der Waals surface area (Å²) in [5, 5.41) is 17.0. The molecule has 8 heteroatoms. The minimum absolute atomic E-state index is 0.00786. The number of aryl methyl sites for hydroxylation is 1. The molecule has 3 aromatic rings. The highest BCUT2D eigenvalue weighted by atomic mass is 16.6. The van der Waals surface area contributed by atoms with Gasteiger partial charge in [-0.15, -0.1) is 0 Å². The highest BCUT2D eigenvalue weighted by Gasteiger charge is 2.38. The van der Waals surface area contributed by atoms with Gasteiger partial charge in [0.05, 0.1) is 12.3 Å². The molecule has 8 nitrogen and oxygen atoms in total. The van der Waals surface area contributed by atoms with Crippen molar-refractivity contribution in [2.45, 2.75) is 25.5 Å². The van der Waals surface area contributed by atoms with Crippen LogP contribution in [0.3, 0.4) is 0 Å². The summed E-state index contributed by atoms with van der Waals surface area (Å²) in [5.41, 5.74) is 4.34. The van der Waals surface area contributed by atoms with Crippen molar-refractivity contribution in [3.05, 3.63) is 90.0 Å². The number of para-hydroxylation sites is 1. The molecule has 2 atom stereocenters. The summed E-state index contributed by atoms with van der Waals surface area (Å²) in [7, 11) is 1.43. The van der Waals surface area contributed by atoms with Gasteiger partial charge in [0.2, 0.25) is 5.91 Å². The lowest BCUT2D eigenvalue weighted by Gasteiger charge is -2.24. The number of rotatable bonds is 9. The lowest BCUT2D eigenvalue weighted by Crippen LogP contribution is -2.48. The number of carbonyl (C=O) groups is 2. The van der Waals surface area contributed by atoms with Crippen LogP contribution in [0.1, 0.15) is 22.3 Å². The zero-order valence-corrected chi connectivity index (χ0v) is 21.0. The van der Waals surface area contributed by atoms with Crippen LogP contribution in [-0.4, -0.2) is 66.5 Å². The predicted octanol–water partition coefficient (Wildman–Crippen LogP) is 3.44.